The van der Waals surface area contributed by atoms with Gasteiger partial charge in [0, 0.05) is 5.54 Å². The minimum Gasteiger partial charge on any atom is -0.394 e. The number of aliphatic hydroxyl groups excluding tert-OH is 1. The topological polar surface area (TPSA) is 46.2 Å². The van der Waals surface area contributed by atoms with Crippen LogP contribution >= 0.6 is 0 Å². The third kappa shape index (κ3) is 1.25. The lowest BCUT2D eigenvalue weighted by atomic mass is 9.93. The molecule has 1 aliphatic rings. The largest absolute Gasteiger partial charge is 0.394 e. The Bertz CT molecular complexity index is 95.1. The average molecular weight is 129 g/mol. The van der Waals surface area contributed by atoms with E-state index in [0.717, 1.165) is 6.42 Å². The predicted octanol–water partition coefficient (Wildman–Crippen LogP) is 0.496. The zero-order valence-corrected chi connectivity index (χ0v) is 5.93. The summed E-state index contributed by atoms with van der Waals surface area (Å²) in [4.78, 5) is 0. The number of aliphatic hydroxyl groups is 1. The normalized spacial score (nSPS) is 25.7. The zero-order chi connectivity index (χ0) is 6.91. The van der Waals surface area contributed by atoms with Crippen LogP contribution in [0.5, 0.6) is 0 Å². The van der Waals surface area contributed by atoms with E-state index in [0.29, 0.717) is 5.92 Å². The van der Waals surface area contributed by atoms with Crippen LogP contribution in [-0.2, 0) is 0 Å². The maximum atomic E-state index is 8.87. The molecule has 1 saturated carbocycles. The van der Waals surface area contributed by atoms with Crippen molar-refractivity contribution in [3.8, 4) is 0 Å². The van der Waals surface area contributed by atoms with Crippen molar-refractivity contribution in [1.82, 2.24) is 0 Å². The van der Waals surface area contributed by atoms with Crippen LogP contribution in [0.15, 0.2) is 0 Å². The Morgan fingerprint density at radius 2 is 2.22 bits per heavy atom. The summed E-state index contributed by atoms with van der Waals surface area (Å²) in [6.07, 6.45) is 3.32. The Kier molecular flexibility index (Phi) is 1.78. The molecule has 9 heavy (non-hydrogen) atoms. The van der Waals surface area contributed by atoms with Crippen molar-refractivity contribution in [3.63, 3.8) is 0 Å². The van der Waals surface area contributed by atoms with Gasteiger partial charge in [-0.15, -0.1) is 0 Å². The van der Waals surface area contributed by atoms with Crippen LogP contribution in [-0.4, -0.2) is 17.3 Å². The zero-order valence-electron chi connectivity index (χ0n) is 5.93. The highest BCUT2D eigenvalue weighted by molar-refractivity contribution is 4.97. The lowest BCUT2D eigenvalue weighted by molar-refractivity contribution is 0.172. The average Bonchev–Trinajstić information content (AvgIpc) is 2.68. The highest BCUT2D eigenvalue weighted by atomic mass is 16.3. The lowest BCUT2D eigenvalue weighted by Crippen LogP contribution is -2.45. The standard InChI is InChI=1S/C7H15NO/c1-2-7(8,5-9)6-3-4-6/h6,9H,2-5,8H2,1H3. The molecular formula is C7H15NO. The van der Waals surface area contributed by atoms with Crippen LogP contribution in [0.25, 0.3) is 0 Å². The summed E-state index contributed by atoms with van der Waals surface area (Å²) in [6.45, 7) is 2.18. The molecule has 1 atom stereocenters. The first-order chi connectivity index (χ1) is 4.23. The molecule has 0 aromatic rings. The summed E-state index contributed by atoms with van der Waals surface area (Å²) in [7, 11) is 0. The first kappa shape index (κ1) is 7.03. The van der Waals surface area contributed by atoms with Crippen molar-refractivity contribution in [2.75, 3.05) is 6.61 Å². The predicted molar refractivity (Wildman–Crippen MR) is 37.0 cm³/mol. The Morgan fingerprint density at radius 3 is 2.33 bits per heavy atom. The molecule has 0 amide bonds. The van der Waals surface area contributed by atoms with Gasteiger partial charge in [0.05, 0.1) is 6.61 Å². The first-order valence-corrected chi connectivity index (χ1v) is 3.62. The second-order valence-corrected chi connectivity index (χ2v) is 3.02. The van der Waals surface area contributed by atoms with Gasteiger partial charge in [-0.1, -0.05) is 6.92 Å². The van der Waals surface area contributed by atoms with E-state index in [1.165, 1.54) is 12.8 Å². The minimum atomic E-state index is -0.250. The molecule has 0 saturated heterocycles. The van der Waals surface area contributed by atoms with E-state index in [4.69, 9.17) is 10.8 Å². The molecule has 0 heterocycles. The van der Waals surface area contributed by atoms with Gasteiger partial charge in [-0.2, -0.15) is 0 Å². The maximum absolute atomic E-state index is 8.87. The monoisotopic (exact) mass is 129 g/mol. The van der Waals surface area contributed by atoms with Crippen LogP contribution in [0.4, 0.5) is 0 Å². The second-order valence-electron chi connectivity index (χ2n) is 3.02. The Morgan fingerprint density at radius 1 is 1.67 bits per heavy atom. The summed E-state index contributed by atoms with van der Waals surface area (Å²) in [6, 6.07) is 0. The van der Waals surface area contributed by atoms with E-state index in [2.05, 4.69) is 0 Å². The van der Waals surface area contributed by atoms with Gasteiger partial charge in [0.25, 0.3) is 0 Å². The third-order valence-electron chi connectivity index (χ3n) is 2.34. The van der Waals surface area contributed by atoms with E-state index >= 15 is 0 Å². The van der Waals surface area contributed by atoms with Crippen molar-refractivity contribution < 1.29 is 5.11 Å². The SMILES string of the molecule is CCC(N)(CO)C1CC1. The van der Waals surface area contributed by atoms with Crippen molar-refractivity contribution >= 4 is 0 Å². The Labute approximate surface area is 56.1 Å². The molecule has 0 spiro atoms. The number of rotatable bonds is 3. The molecule has 0 aromatic carbocycles. The highest BCUT2D eigenvalue weighted by Crippen LogP contribution is 2.39. The summed E-state index contributed by atoms with van der Waals surface area (Å²) >= 11 is 0. The molecule has 1 unspecified atom stereocenters. The molecule has 1 aliphatic carbocycles. The van der Waals surface area contributed by atoms with Crippen molar-refractivity contribution in [3.05, 3.63) is 0 Å². The number of hydrogen-bond donors (Lipinski definition) is 2. The fraction of sp³-hybridized carbons (Fsp3) is 1.00. The van der Waals surface area contributed by atoms with Crippen LogP contribution in [0, 0.1) is 5.92 Å². The Hall–Kier alpha value is -0.0800. The van der Waals surface area contributed by atoms with Gasteiger partial charge in [-0.25, -0.2) is 0 Å². The fourth-order valence-corrected chi connectivity index (χ4v) is 1.19. The number of nitrogens with two attached hydrogens (primary N) is 1. The van der Waals surface area contributed by atoms with E-state index < -0.39 is 0 Å². The van der Waals surface area contributed by atoms with Gasteiger partial charge in [-0.05, 0) is 25.2 Å². The van der Waals surface area contributed by atoms with E-state index in [-0.39, 0.29) is 12.1 Å². The molecular weight excluding hydrogens is 114 g/mol. The fourth-order valence-electron chi connectivity index (χ4n) is 1.19. The van der Waals surface area contributed by atoms with Crippen molar-refractivity contribution in [2.45, 2.75) is 31.7 Å². The lowest BCUT2D eigenvalue weighted by Gasteiger charge is -2.24. The molecule has 1 fully saturated rings. The van der Waals surface area contributed by atoms with Gasteiger partial charge >= 0.3 is 0 Å². The summed E-state index contributed by atoms with van der Waals surface area (Å²) in [5.74, 6) is 0.604. The van der Waals surface area contributed by atoms with E-state index in [9.17, 15) is 0 Å². The van der Waals surface area contributed by atoms with Crippen molar-refractivity contribution in [2.24, 2.45) is 11.7 Å². The van der Waals surface area contributed by atoms with Gasteiger partial charge < -0.3 is 10.8 Å². The first-order valence-electron chi connectivity index (χ1n) is 3.62. The van der Waals surface area contributed by atoms with E-state index in [1.807, 2.05) is 6.92 Å². The molecule has 3 N–H and O–H groups in total. The van der Waals surface area contributed by atoms with Gasteiger partial charge in [0.1, 0.15) is 0 Å². The van der Waals surface area contributed by atoms with Crippen LogP contribution in [0.3, 0.4) is 0 Å². The number of hydrogen-bond acceptors (Lipinski definition) is 2. The minimum absolute atomic E-state index is 0.147. The molecule has 0 aromatic heterocycles. The maximum Gasteiger partial charge on any atom is 0.0613 e. The van der Waals surface area contributed by atoms with Crippen molar-refractivity contribution in [1.29, 1.82) is 0 Å². The molecule has 1 rings (SSSR count). The van der Waals surface area contributed by atoms with Gasteiger partial charge in [-0.3, -0.25) is 0 Å². The molecule has 0 bridgehead atoms. The molecule has 2 heteroatoms. The smallest absolute Gasteiger partial charge is 0.0613 e. The summed E-state index contributed by atoms with van der Waals surface area (Å²) in [5.41, 5.74) is 5.60. The molecule has 0 radical (unpaired) electrons. The highest BCUT2D eigenvalue weighted by Gasteiger charge is 2.39. The molecule has 2 nitrogen and oxygen atoms in total. The van der Waals surface area contributed by atoms with Crippen LogP contribution in [0.2, 0.25) is 0 Å². The third-order valence-corrected chi connectivity index (χ3v) is 2.34. The van der Waals surface area contributed by atoms with E-state index in [1.54, 1.807) is 0 Å². The molecule has 0 aliphatic heterocycles. The second kappa shape index (κ2) is 2.27. The van der Waals surface area contributed by atoms with Crippen LogP contribution in [0.1, 0.15) is 26.2 Å². The quantitative estimate of drug-likeness (QED) is 0.582. The van der Waals surface area contributed by atoms with Gasteiger partial charge in [0.2, 0.25) is 0 Å². The summed E-state index contributed by atoms with van der Waals surface area (Å²) < 4.78 is 0. The van der Waals surface area contributed by atoms with Gasteiger partial charge in [0.15, 0.2) is 0 Å². The Balaban J connectivity index is 2.43. The summed E-state index contributed by atoms with van der Waals surface area (Å²) in [5, 5.41) is 8.87. The van der Waals surface area contributed by atoms with Crippen LogP contribution < -0.4 is 5.73 Å². The molecule has 54 valence electrons.